The van der Waals surface area contributed by atoms with Gasteiger partial charge in [-0.15, -0.1) is 0 Å². The van der Waals surface area contributed by atoms with Crippen molar-refractivity contribution < 1.29 is 9.47 Å². The molecule has 1 spiro atoms. The number of hydrogen-bond acceptors (Lipinski definition) is 2. The summed E-state index contributed by atoms with van der Waals surface area (Å²) in [5.74, 6) is 3.45. The first-order valence-electron chi connectivity index (χ1n) is 8.54. The van der Waals surface area contributed by atoms with Gasteiger partial charge < -0.3 is 9.47 Å². The van der Waals surface area contributed by atoms with Gasteiger partial charge in [0.25, 0.3) is 0 Å². The minimum atomic E-state index is 0.239. The molecule has 0 unspecified atom stereocenters. The number of ether oxygens (including phenoxy) is 2. The average molecular weight is 284 g/mol. The first-order chi connectivity index (χ1) is 10.2. The molecule has 1 aliphatic heterocycles. The summed E-state index contributed by atoms with van der Waals surface area (Å²) < 4.78 is 11.7. The Kier molecular flexibility index (Phi) is 2.29. The molecule has 2 saturated carbocycles. The van der Waals surface area contributed by atoms with E-state index in [4.69, 9.17) is 9.47 Å². The largest absolute Gasteiger partial charge is 0.497 e. The minimum Gasteiger partial charge on any atom is -0.497 e. The number of fused-ring (bicyclic) bond motifs is 4. The number of epoxide rings is 1. The fourth-order valence-electron chi connectivity index (χ4n) is 6.09. The summed E-state index contributed by atoms with van der Waals surface area (Å²) in [7, 11) is 1.77. The van der Waals surface area contributed by atoms with Crippen LogP contribution in [0.5, 0.6) is 5.75 Å². The first kappa shape index (κ1) is 12.5. The molecule has 2 heteroatoms. The predicted octanol–water partition coefficient (Wildman–Crippen LogP) is 4.07. The van der Waals surface area contributed by atoms with Crippen molar-refractivity contribution in [1.29, 1.82) is 0 Å². The van der Waals surface area contributed by atoms with E-state index in [2.05, 4.69) is 25.1 Å². The molecular weight excluding hydrogens is 260 g/mol. The zero-order valence-corrected chi connectivity index (χ0v) is 13.0. The van der Waals surface area contributed by atoms with Gasteiger partial charge in [0.15, 0.2) is 0 Å². The number of methoxy groups -OCH3 is 1. The lowest BCUT2D eigenvalue weighted by molar-refractivity contribution is 0.0632. The Hall–Kier alpha value is -1.02. The van der Waals surface area contributed by atoms with Crippen LogP contribution in [0.3, 0.4) is 0 Å². The Labute approximate surface area is 126 Å². The summed E-state index contributed by atoms with van der Waals surface area (Å²) in [6.45, 7) is 2.36. The molecule has 1 aromatic rings. The van der Waals surface area contributed by atoms with E-state index in [1.54, 1.807) is 12.7 Å². The fourth-order valence-corrected chi connectivity index (χ4v) is 6.09. The molecule has 1 aromatic carbocycles. The van der Waals surface area contributed by atoms with Gasteiger partial charge in [-0.3, -0.25) is 0 Å². The Bertz CT molecular complexity index is 610. The van der Waals surface area contributed by atoms with Crippen molar-refractivity contribution in [2.75, 3.05) is 7.11 Å². The molecule has 21 heavy (non-hydrogen) atoms. The second-order valence-electron chi connectivity index (χ2n) is 7.78. The minimum absolute atomic E-state index is 0.239. The molecule has 3 fully saturated rings. The van der Waals surface area contributed by atoms with Crippen LogP contribution in [0.25, 0.3) is 0 Å². The van der Waals surface area contributed by atoms with Crippen LogP contribution in [0.2, 0.25) is 0 Å². The Morgan fingerprint density at radius 1 is 1.19 bits per heavy atom. The Morgan fingerprint density at radius 2 is 2.10 bits per heavy atom. The summed E-state index contributed by atoms with van der Waals surface area (Å²) in [6, 6.07) is 6.76. The molecule has 0 aromatic heterocycles. The number of hydrogen-bond donors (Lipinski definition) is 0. The van der Waals surface area contributed by atoms with Gasteiger partial charge in [0.2, 0.25) is 0 Å². The zero-order valence-electron chi connectivity index (χ0n) is 13.0. The van der Waals surface area contributed by atoms with E-state index in [-0.39, 0.29) is 11.2 Å². The molecule has 3 aliphatic carbocycles. The Balaban J connectivity index is 1.51. The quantitative estimate of drug-likeness (QED) is 0.725. The van der Waals surface area contributed by atoms with Gasteiger partial charge in [-0.25, -0.2) is 0 Å². The lowest BCUT2D eigenvalue weighted by Crippen LogP contribution is -2.41. The maximum atomic E-state index is 6.29. The number of aryl methyl sites for hydroxylation is 1. The third kappa shape index (κ3) is 1.42. The molecule has 0 bridgehead atoms. The van der Waals surface area contributed by atoms with Crippen LogP contribution in [-0.4, -0.2) is 18.3 Å². The van der Waals surface area contributed by atoms with Crippen LogP contribution in [0.15, 0.2) is 18.2 Å². The molecule has 0 N–H and O–H groups in total. The van der Waals surface area contributed by atoms with Gasteiger partial charge >= 0.3 is 0 Å². The molecule has 1 heterocycles. The summed E-state index contributed by atoms with van der Waals surface area (Å²) in [6.07, 6.45) is 7.84. The van der Waals surface area contributed by atoms with E-state index >= 15 is 0 Å². The van der Waals surface area contributed by atoms with Gasteiger partial charge in [-0.05, 0) is 86.5 Å². The van der Waals surface area contributed by atoms with E-state index in [0.29, 0.717) is 0 Å². The fraction of sp³-hybridized carbons (Fsp3) is 0.684. The molecular formula is C19H24O2. The smallest absolute Gasteiger partial charge is 0.119 e. The second kappa shape index (κ2) is 3.84. The van der Waals surface area contributed by atoms with Crippen molar-refractivity contribution in [3.8, 4) is 5.75 Å². The van der Waals surface area contributed by atoms with Gasteiger partial charge in [0, 0.05) is 0 Å². The van der Waals surface area contributed by atoms with Gasteiger partial charge in [-0.2, -0.15) is 0 Å². The SMILES string of the molecule is COc1ccc2c(c1)CC[C@@H]1[C@H]3CC[C@]4(C)O[C@]34CC[C@@H]21. The third-order valence-corrected chi connectivity index (χ3v) is 7.15. The summed E-state index contributed by atoms with van der Waals surface area (Å²) >= 11 is 0. The van der Waals surface area contributed by atoms with Crippen molar-refractivity contribution in [3.63, 3.8) is 0 Å². The number of benzene rings is 1. The molecule has 2 nitrogen and oxygen atoms in total. The van der Waals surface area contributed by atoms with Crippen molar-refractivity contribution >= 4 is 0 Å². The highest BCUT2D eigenvalue weighted by atomic mass is 16.6. The molecule has 112 valence electrons. The maximum Gasteiger partial charge on any atom is 0.119 e. The van der Waals surface area contributed by atoms with Gasteiger partial charge in [-0.1, -0.05) is 6.07 Å². The monoisotopic (exact) mass is 284 g/mol. The van der Waals surface area contributed by atoms with E-state index in [1.807, 2.05) is 0 Å². The number of rotatable bonds is 1. The molecule has 1 saturated heterocycles. The van der Waals surface area contributed by atoms with Gasteiger partial charge in [0.1, 0.15) is 11.4 Å². The topological polar surface area (TPSA) is 21.8 Å². The van der Waals surface area contributed by atoms with Crippen LogP contribution in [0.4, 0.5) is 0 Å². The Morgan fingerprint density at radius 3 is 2.90 bits per heavy atom. The first-order valence-corrected chi connectivity index (χ1v) is 8.54. The summed E-state index contributed by atoms with van der Waals surface area (Å²) in [5, 5.41) is 0. The van der Waals surface area contributed by atoms with Crippen LogP contribution in [-0.2, 0) is 11.2 Å². The summed E-state index contributed by atoms with van der Waals surface area (Å²) in [5.41, 5.74) is 3.65. The second-order valence-corrected chi connectivity index (χ2v) is 7.78. The predicted molar refractivity (Wildman–Crippen MR) is 81.7 cm³/mol. The molecule has 5 rings (SSSR count). The zero-order chi connectivity index (χ0) is 14.2. The van der Waals surface area contributed by atoms with Crippen molar-refractivity contribution in [2.24, 2.45) is 11.8 Å². The average Bonchev–Trinajstić information content (AvgIpc) is 2.99. The molecule has 0 amide bonds. The highest BCUT2D eigenvalue weighted by molar-refractivity contribution is 5.41. The van der Waals surface area contributed by atoms with E-state index in [1.165, 1.54) is 44.1 Å². The van der Waals surface area contributed by atoms with Crippen LogP contribution in [0.1, 0.15) is 56.1 Å². The third-order valence-electron chi connectivity index (χ3n) is 7.15. The van der Waals surface area contributed by atoms with Crippen LogP contribution >= 0.6 is 0 Å². The van der Waals surface area contributed by atoms with E-state index < -0.39 is 0 Å². The van der Waals surface area contributed by atoms with Crippen molar-refractivity contribution in [1.82, 2.24) is 0 Å². The lowest BCUT2D eigenvalue weighted by atomic mass is 9.60. The highest BCUT2D eigenvalue weighted by Gasteiger charge is 2.76. The molecule has 4 aliphatic rings. The lowest BCUT2D eigenvalue weighted by Gasteiger charge is -2.44. The van der Waals surface area contributed by atoms with Crippen LogP contribution < -0.4 is 4.74 Å². The molecule has 0 radical (unpaired) electrons. The normalized spacial score (nSPS) is 46.1. The van der Waals surface area contributed by atoms with Gasteiger partial charge in [0.05, 0.1) is 12.7 Å². The standard InChI is InChI=1S/C19H24O2/c1-18-9-8-17-16-5-3-12-11-13(20-2)4-6-14(12)15(16)7-10-19(17,18)21-18/h4,6,11,15-17H,3,5,7-10H2,1-2H3/t15-,16-,17+,18-,19+/m0/s1. The maximum absolute atomic E-state index is 6.29. The van der Waals surface area contributed by atoms with Crippen molar-refractivity contribution in [2.45, 2.75) is 62.6 Å². The summed E-state index contributed by atoms with van der Waals surface area (Å²) in [4.78, 5) is 0. The molecule has 5 atom stereocenters. The van der Waals surface area contributed by atoms with Crippen LogP contribution in [0, 0.1) is 11.8 Å². The van der Waals surface area contributed by atoms with E-state index in [0.717, 1.165) is 23.5 Å². The van der Waals surface area contributed by atoms with Crippen molar-refractivity contribution in [3.05, 3.63) is 29.3 Å². The van der Waals surface area contributed by atoms with E-state index in [9.17, 15) is 0 Å². The highest BCUT2D eigenvalue weighted by Crippen LogP contribution is 2.71.